The van der Waals surface area contributed by atoms with Crippen LogP contribution in [0.1, 0.15) is 11.1 Å². The van der Waals surface area contributed by atoms with Crippen molar-refractivity contribution in [2.75, 3.05) is 0 Å². The van der Waals surface area contributed by atoms with Crippen LogP contribution >= 0.6 is 0 Å². The molecule has 0 aliphatic heterocycles. The summed E-state index contributed by atoms with van der Waals surface area (Å²) in [6.45, 7) is 4.34. The van der Waals surface area contributed by atoms with Gasteiger partial charge in [0.15, 0.2) is 17.5 Å². The molecule has 7 aromatic carbocycles. The summed E-state index contributed by atoms with van der Waals surface area (Å²) in [5.74, 6) is 1.75. The van der Waals surface area contributed by atoms with Crippen molar-refractivity contribution in [3.8, 4) is 56.4 Å². The highest BCUT2D eigenvalue weighted by Gasteiger charge is 2.21. The van der Waals surface area contributed by atoms with E-state index in [1.54, 1.807) is 0 Å². The normalized spacial score (nSPS) is 11.7. The molecule has 10 aromatic rings. The van der Waals surface area contributed by atoms with Crippen molar-refractivity contribution in [2.45, 2.75) is 13.8 Å². The molecule has 0 atom stereocenters. The van der Waals surface area contributed by atoms with Gasteiger partial charge in [-0.05, 0) is 83.6 Å². The lowest BCUT2D eigenvalue weighted by Crippen LogP contribution is -2.00. The molecule has 0 aliphatic carbocycles. The van der Waals surface area contributed by atoms with E-state index in [0.717, 1.165) is 71.7 Å². The number of aryl methyl sites for hydroxylation is 2. The average Bonchev–Trinajstić information content (AvgIpc) is 3.77. The zero-order valence-corrected chi connectivity index (χ0v) is 28.6. The van der Waals surface area contributed by atoms with E-state index in [2.05, 4.69) is 92.7 Å². The Labute approximate surface area is 299 Å². The molecule has 0 amide bonds. The first-order valence-corrected chi connectivity index (χ1v) is 17.4. The summed E-state index contributed by atoms with van der Waals surface area (Å²) >= 11 is 0. The minimum atomic E-state index is 0.574. The Bertz CT molecular complexity index is 2990. The van der Waals surface area contributed by atoms with Gasteiger partial charge in [0.05, 0.1) is 0 Å². The van der Waals surface area contributed by atoms with Crippen LogP contribution in [0.3, 0.4) is 0 Å². The van der Waals surface area contributed by atoms with Gasteiger partial charge in [-0.15, -0.1) is 0 Å². The summed E-state index contributed by atoms with van der Waals surface area (Å²) in [6.07, 6.45) is 0. The molecule has 3 aromatic heterocycles. The van der Waals surface area contributed by atoms with Crippen LogP contribution in [-0.2, 0) is 0 Å². The molecule has 0 saturated heterocycles. The summed E-state index contributed by atoms with van der Waals surface area (Å²) in [7, 11) is 0. The van der Waals surface area contributed by atoms with Crippen LogP contribution in [0.2, 0.25) is 0 Å². The van der Waals surface area contributed by atoms with E-state index >= 15 is 0 Å². The molecule has 3 heterocycles. The molecule has 5 nitrogen and oxygen atoms in total. The molecule has 0 saturated carbocycles. The van der Waals surface area contributed by atoms with Gasteiger partial charge < -0.3 is 8.83 Å². The fourth-order valence-corrected chi connectivity index (χ4v) is 7.45. The molecule has 0 unspecified atom stereocenters. The van der Waals surface area contributed by atoms with Crippen molar-refractivity contribution in [1.29, 1.82) is 0 Å². The van der Waals surface area contributed by atoms with E-state index in [1.165, 1.54) is 22.3 Å². The zero-order chi connectivity index (χ0) is 34.8. The van der Waals surface area contributed by atoms with Gasteiger partial charge in [0.1, 0.15) is 22.3 Å². The number of hydrogen-bond donors (Lipinski definition) is 0. The van der Waals surface area contributed by atoms with Crippen LogP contribution in [-0.4, -0.2) is 15.0 Å². The Morgan fingerprint density at radius 3 is 1.63 bits per heavy atom. The van der Waals surface area contributed by atoms with Gasteiger partial charge in [0.2, 0.25) is 0 Å². The molecule has 246 valence electrons. The highest BCUT2D eigenvalue weighted by Crippen LogP contribution is 2.41. The largest absolute Gasteiger partial charge is 0.456 e. The van der Waals surface area contributed by atoms with E-state index in [-0.39, 0.29) is 0 Å². The highest BCUT2D eigenvalue weighted by atomic mass is 16.3. The molecular weight excluding hydrogens is 639 g/mol. The highest BCUT2D eigenvalue weighted by molar-refractivity contribution is 6.14. The number of furan rings is 2. The molecule has 0 bridgehead atoms. The maximum atomic E-state index is 6.47. The number of rotatable bonds is 5. The van der Waals surface area contributed by atoms with Crippen LogP contribution in [0.15, 0.2) is 160 Å². The van der Waals surface area contributed by atoms with Crippen molar-refractivity contribution < 1.29 is 8.83 Å². The fourth-order valence-electron chi connectivity index (χ4n) is 7.45. The standard InChI is InChI=1S/C47H31N3O2/c1-28-12-6-7-15-33(28)37-26-31(23-22-29(37)2)32-24-25-40-38(27-32)44-36(18-11-21-42(44)52-40)47-49-45(30-13-4-3-5-14-30)48-46(50-47)35-17-10-20-41-43(35)34-16-8-9-19-39(34)51-41/h3-27H,1-2H3. The fraction of sp³-hybridized carbons (Fsp3) is 0.0426. The summed E-state index contributed by atoms with van der Waals surface area (Å²) in [5, 5.41) is 3.98. The van der Waals surface area contributed by atoms with E-state index in [1.807, 2.05) is 72.8 Å². The number of nitrogens with zero attached hydrogens (tertiary/aromatic N) is 3. The predicted molar refractivity (Wildman–Crippen MR) is 211 cm³/mol. The van der Waals surface area contributed by atoms with Crippen molar-refractivity contribution in [2.24, 2.45) is 0 Å². The second-order valence-electron chi connectivity index (χ2n) is 13.3. The lowest BCUT2D eigenvalue weighted by molar-refractivity contribution is 0.668. The molecule has 5 heteroatoms. The van der Waals surface area contributed by atoms with E-state index in [9.17, 15) is 0 Å². The molecule has 0 spiro atoms. The Hall–Kier alpha value is -6.85. The van der Waals surface area contributed by atoms with Gasteiger partial charge in [-0.2, -0.15) is 0 Å². The lowest BCUT2D eigenvalue weighted by atomic mass is 9.92. The van der Waals surface area contributed by atoms with Gasteiger partial charge in [-0.1, -0.05) is 115 Å². The van der Waals surface area contributed by atoms with Crippen molar-refractivity contribution in [1.82, 2.24) is 15.0 Å². The van der Waals surface area contributed by atoms with Crippen molar-refractivity contribution in [3.63, 3.8) is 0 Å². The summed E-state index contributed by atoms with van der Waals surface area (Å²) < 4.78 is 12.7. The van der Waals surface area contributed by atoms with Gasteiger partial charge in [-0.3, -0.25) is 0 Å². The first-order valence-electron chi connectivity index (χ1n) is 17.4. The molecule has 0 fully saturated rings. The van der Waals surface area contributed by atoms with Crippen LogP contribution < -0.4 is 0 Å². The molecule has 10 rings (SSSR count). The Morgan fingerprint density at radius 2 is 0.885 bits per heavy atom. The minimum Gasteiger partial charge on any atom is -0.456 e. The number of hydrogen-bond acceptors (Lipinski definition) is 5. The Balaban J connectivity index is 1.19. The molecule has 52 heavy (non-hydrogen) atoms. The summed E-state index contributed by atoms with van der Waals surface area (Å²) in [6, 6.07) is 52.0. The van der Waals surface area contributed by atoms with E-state index in [4.69, 9.17) is 23.8 Å². The smallest absolute Gasteiger partial charge is 0.164 e. The third-order valence-electron chi connectivity index (χ3n) is 10.1. The van der Waals surface area contributed by atoms with Crippen LogP contribution in [0.4, 0.5) is 0 Å². The minimum absolute atomic E-state index is 0.574. The molecule has 0 radical (unpaired) electrons. The van der Waals surface area contributed by atoms with Gasteiger partial charge >= 0.3 is 0 Å². The summed E-state index contributed by atoms with van der Waals surface area (Å²) in [5.41, 5.74) is 13.1. The first kappa shape index (κ1) is 30.0. The average molecular weight is 670 g/mol. The molecule has 0 aliphatic rings. The lowest BCUT2D eigenvalue weighted by Gasteiger charge is -2.12. The zero-order valence-electron chi connectivity index (χ0n) is 28.6. The van der Waals surface area contributed by atoms with Crippen LogP contribution in [0, 0.1) is 13.8 Å². The SMILES string of the molecule is Cc1ccccc1-c1cc(-c2ccc3oc4cccc(-c5nc(-c6ccccc6)nc(-c6cccc7oc8ccccc8c67)n5)c4c3c2)ccc1C. The summed E-state index contributed by atoms with van der Waals surface area (Å²) in [4.78, 5) is 15.4. The number of benzene rings is 7. The van der Waals surface area contributed by atoms with E-state index in [0.29, 0.717) is 17.5 Å². The predicted octanol–water partition coefficient (Wildman–Crippen LogP) is 12.6. The Kier molecular flexibility index (Phi) is 6.86. The number of fused-ring (bicyclic) bond motifs is 6. The van der Waals surface area contributed by atoms with Gasteiger partial charge in [-0.25, -0.2) is 15.0 Å². The van der Waals surface area contributed by atoms with Gasteiger partial charge in [0, 0.05) is 38.2 Å². The molecular formula is C47H31N3O2. The monoisotopic (exact) mass is 669 g/mol. The van der Waals surface area contributed by atoms with Crippen LogP contribution in [0.5, 0.6) is 0 Å². The van der Waals surface area contributed by atoms with Crippen molar-refractivity contribution >= 4 is 43.9 Å². The third-order valence-corrected chi connectivity index (χ3v) is 10.1. The van der Waals surface area contributed by atoms with Crippen molar-refractivity contribution in [3.05, 3.63) is 163 Å². The quantitative estimate of drug-likeness (QED) is 0.182. The topological polar surface area (TPSA) is 65.0 Å². The van der Waals surface area contributed by atoms with E-state index < -0.39 is 0 Å². The number of para-hydroxylation sites is 1. The molecule has 0 N–H and O–H groups in total. The van der Waals surface area contributed by atoms with Gasteiger partial charge in [0.25, 0.3) is 0 Å². The maximum Gasteiger partial charge on any atom is 0.164 e. The number of aromatic nitrogens is 3. The first-order chi connectivity index (χ1) is 25.6. The maximum absolute atomic E-state index is 6.47. The van der Waals surface area contributed by atoms with Crippen LogP contribution in [0.25, 0.3) is 100 Å². The second kappa shape index (κ2) is 11.9. The second-order valence-corrected chi connectivity index (χ2v) is 13.3. The third kappa shape index (κ3) is 4.89. The Morgan fingerprint density at radius 1 is 0.346 bits per heavy atom.